The van der Waals surface area contributed by atoms with E-state index in [0.29, 0.717) is 22.7 Å². The lowest BCUT2D eigenvalue weighted by atomic mass is 9.87. The van der Waals surface area contributed by atoms with Crippen molar-refractivity contribution in [2.75, 3.05) is 5.32 Å². The molecule has 32 heavy (non-hydrogen) atoms. The van der Waals surface area contributed by atoms with E-state index in [0.717, 1.165) is 22.4 Å². The van der Waals surface area contributed by atoms with Gasteiger partial charge >= 0.3 is 0 Å². The minimum atomic E-state index is -0.262. The van der Waals surface area contributed by atoms with Crippen molar-refractivity contribution in [2.45, 2.75) is 33.1 Å². The van der Waals surface area contributed by atoms with E-state index in [1.807, 2.05) is 55.5 Å². The highest BCUT2D eigenvalue weighted by molar-refractivity contribution is 7.80. The number of carbonyl (C=O) groups excluding carboxylic acids is 1. The van der Waals surface area contributed by atoms with Gasteiger partial charge < -0.3 is 9.73 Å². The molecule has 2 aromatic heterocycles. The fraction of sp³-hybridized carbons (Fsp3) is 0.200. The average Bonchev–Trinajstić information content (AvgIpc) is 3.19. The number of fused-ring (bicyclic) bond motifs is 1. The van der Waals surface area contributed by atoms with Crippen molar-refractivity contribution in [3.63, 3.8) is 0 Å². The van der Waals surface area contributed by atoms with Crippen molar-refractivity contribution in [3.8, 4) is 11.5 Å². The van der Waals surface area contributed by atoms with Gasteiger partial charge in [-0.2, -0.15) is 4.98 Å². The van der Waals surface area contributed by atoms with E-state index in [1.54, 1.807) is 12.3 Å². The zero-order valence-corrected chi connectivity index (χ0v) is 19.2. The summed E-state index contributed by atoms with van der Waals surface area (Å²) in [5.74, 6) is 0.206. The van der Waals surface area contributed by atoms with Crippen LogP contribution in [0.3, 0.4) is 0 Å². The third-order valence-electron chi connectivity index (χ3n) is 5.14. The lowest BCUT2D eigenvalue weighted by molar-refractivity contribution is 0.0977. The zero-order chi connectivity index (χ0) is 22.9. The van der Waals surface area contributed by atoms with Crippen LogP contribution >= 0.6 is 12.2 Å². The molecule has 2 aromatic carbocycles. The number of anilines is 1. The molecule has 2 N–H and O–H groups in total. The number of pyridine rings is 1. The molecule has 0 fully saturated rings. The van der Waals surface area contributed by atoms with Crippen LogP contribution in [0.15, 0.2) is 65.2 Å². The van der Waals surface area contributed by atoms with Crippen LogP contribution in [0.5, 0.6) is 0 Å². The minimum Gasteiger partial charge on any atom is -0.434 e. The highest BCUT2D eigenvalue weighted by Crippen LogP contribution is 2.27. The van der Waals surface area contributed by atoms with Crippen molar-refractivity contribution < 1.29 is 9.21 Å². The van der Waals surface area contributed by atoms with Gasteiger partial charge in [-0.25, -0.2) is 4.98 Å². The number of rotatable bonds is 3. The molecule has 0 spiro atoms. The summed E-state index contributed by atoms with van der Waals surface area (Å²) in [7, 11) is 0. The first-order chi connectivity index (χ1) is 15.2. The third kappa shape index (κ3) is 4.68. The molecule has 0 bridgehead atoms. The Morgan fingerprint density at radius 3 is 2.50 bits per heavy atom. The number of oxazole rings is 1. The van der Waals surface area contributed by atoms with Gasteiger partial charge in [-0.15, -0.1) is 0 Å². The summed E-state index contributed by atoms with van der Waals surface area (Å²) in [6.45, 7) is 8.36. The topological polar surface area (TPSA) is 80.1 Å². The third-order valence-corrected chi connectivity index (χ3v) is 5.34. The molecule has 0 radical (unpaired) electrons. The van der Waals surface area contributed by atoms with Gasteiger partial charge in [-0.05, 0) is 72.1 Å². The second-order valence-corrected chi connectivity index (χ2v) is 9.02. The van der Waals surface area contributed by atoms with Crippen molar-refractivity contribution in [2.24, 2.45) is 0 Å². The molecule has 1 amide bonds. The fourth-order valence-corrected chi connectivity index (χ4v) is 3.44. The molecular weight excluding hydrogens is 420 g/mol. The van der Waals surface area contributed by atoms with Gasteiger partial charge in [-0.3, -0.25) is 10.1 Å². The smallest absolute Gasteiger partial charge is 0.257 e. The standard InChI is InChI=1S/C25H24N4O2S/c1-15-7-8-17(23-28-21-20(31-23)6-5-13-26-21)14-19(15)27-24(32)29-22(30)16-9-11-18(12-10-16)25(2,3)4/h5-14H,1-4H3,(H2,27,29,30,32). The molecule has 4 aromatic rings. The maximum atomic E-state index is 12.6. The molecule has 6 nitrogen and oxygen atoms in total. The summed E-state index contributed by atoms with van der Waals surface area (Å²) in [6, 6.07) is 16.9. The van der Waals surface area contributed by atoms with Crippen molar-refractivity contribution >= 4 is 40.2 Å². The van der Waals surface area contributed by atoms with Crippen LogP contribution in [-0.4, -0.2) is 21.0 Å². The van der Waals surface area contributed by atoms with Crippen molar-refractivity contribution in [3.05, 3.63) is 77.5 Å². The maximum Gasteiger partial charge on any atom is 0.257 e. The number of hydrogen-bond donors (Lipinski definition) is 2. The highest BCUT2D eigenvalue weighted by Gasteiger charge is 2.15. The van der Waals surface area contributed by atoms with Crippen LogP contribution in [0.4, 0.5) is 5.69 Å². The second-order valence-electron chi connectivity index (χ2n) is 8.61. The minimum absolute atomic E-state index is 0.0270. The van der Waals surface area contributed by atoms with Crippen molar-refractivity contribution in [1.29, 1.82) is 0 Å². The average molecular weight is 445 g/mol. The Bertz CT molecular complexity index is 1270. The first-order valence-electron chi connectivity index (χ1n) is 10.3. The number of aryl methyl sites for hydroxylation is 1. The van der Waals surface area contributed by atoms with Gasteiger partial charge in [0.15, 0.2) is 16.3 Å². The van der Waals surface area contributed by atoms with Crippen LogP contribution < -0.4 is 10.6 Å². The van der Waals surface area contributed by atoms with Crippen LogP contribution in [0.1, 0.15) is 42.3 Å². The first kappa shape index (κ1) is 21.6. The molecule has 0 aliphatic carbocycles. The van der Waals surface area contributed by atoms with E-state index in [1.165, 1.54) is 0 Å². The quantitative estimate of drug-likeness (QED) is 0.399. The predicted molar refractivity (Wildman–Crippen MR) is 131 cm³/mol. The van der Waals surface area contributed by atoms with Crippen LogP contribution in [0.25, 0.3) is 22.7 Å². The molecule has 0 atom stereocenters. The number of carbonyl (C=O) groups is 1. The van der Waals surface area contributed by atoms with Crippen molar-refractivity contribution in [1.82, 2.24) is 15.3 Å². The number of aromatic nitrogens is 2. The molecule has 0 unspecified atom stereocenters. The number of nitrogens with zero attached hydrogens (tertiary/aromatic N) is 2. The summed E-state index contributed by atoms with van der Waals surface area (Å²) < 4.78 is 5.81. The van der Waals surface area contributed by atoms with Crippen LogP contribution in [0.2, 0.25) is 0 Å². The summed E-state index contributed by atoms with van der Waals surface area (Å²) in [6.07, 6.45) is 1.68. The van der Waals surface area contributed by atoms with Gasteiger partial charge in [0.1, 0.15) is 0 Å². The molecule has 2 heterocycles. The highest BCUT2D eigenvalue weighted by atomic mass is 32.1. The summed E-state index contributed by atoms with van der Waals surface area (Å²) in [4.78, 5) is 21.3. The van der Waals surface area contributed by atoms with Gasteiger partial charge in [0, 0.05) is 23.0 Å². The fourth-order valence-electron chi connectivity index (χ4n) is 3.23. The lowest BCUT2D eigenvalue weighted by Crippen LogP contribution is -2.34. The number of hydrogen-bond acceptors (Lipinski definition) is 5. The Hall–Kier alpha value is -3.58. The van der Waals surface area contributed by atoms with E-state index >= 15 is 0 Å². The molecule has 4 rings (SSSR count). The number of benzene rings is 2. The monoisotopic (exact) mass is 444 g/mol. The molecule has 0 saturated carbocycles. The molecule has 0 aliphatic rings. The van der Waals surface area contributed by atoms with E-state index in [4.69, 9.17) is 16.6 Å². The predicted octanol–water partition coefficient (Wildman–Crippen LogP) is 5.62. The normalized spacial score (nSPS) is 11.4. The molecule has 162 valence electrons. The first-order valence-corrected chi connectivity index (χ1v) is 10.7. The molecule has 0 aliphatic heterocycles. The lowest BCUT2D eigenvalue weighted by Gasteiger charge is -2.19. The van der Waals surface area contributed by atoms with Gasteiger partial charge in [0.2, 0.25) is 5.89 Å². The van der Waals surface area contributed by atoms with E-state index in [2.05, 4.69) is 41.4 Å². The largest absolute Gasteiger partial charge is 0.434 e. The summed E-state index contributed by atoms with van der Waals surface area (Å²) in [5.41, 5.74) is 5.42. The van der Waals surface area contributed by atoms with Crippen LogP contribution in [-0.2, 0) is 5.41 Å². The Kier molecular flexibility index (Phi) is 5.76. The Labute approximate surface area is 192 Å². The van der Waals surface area contributed by atoms with E-state index in [9.17, 15) is 4.79 Å². The van der Waals surface area contributed by atoms with Crippen LogP contribution in [0, 0.1) is 6.92 Å². The number of amides is 1. The number of nitrogens with one attached hydrogen (secondary N) is 2. The van der Waals surface area contributed by atoms with Gasteiger partial charge in [0.05, 0.1) is 0 Å². The molecular formula is C25H24N4O2S. The summed E-state index contributed by atoms with van der Waals surface area (Å²) in [5, 5.41) is 6.07. The van der Waals surface area contributed by atoms with E-state index in [-0.39, 0.29) is 16.4 Å². The SMILES string of the molecule is Cc1ccc(-c2nc3ncccc3o2)cc1NC(=S)NC(=O)c1ccc(C(C)(C)C)cc1. The van der Waals surface area contributed by atoms with E-state index < -0.39 is 0 Å². The van der Waals surface area contributed by atoms with Gasteiger partial charge in [-0.1, -0.05) is 39.0 Å². The maximum absolute atomic E-state index is 12.6. The zero-order valence-electron chi connectivity index (χ0n) is 18.4. The molecule has 7 heteroatoms. The Balaban J connectivity index is 1.48. The molecule has 0 saturated heterocycles. The van der Waals surface area contributed by atoms with Gasteiger partial charge in [0.25, 0.3) is 5.91 Å². The Morgan fingerprint density at radius 2 is 1.81 bits per heavy atom. The Morgan fingerprint density at radius 1 is 1.06 bits per heavy atom. The second kappa shape index (κ2) is 8.51. The number of thiocarbonyl (C=S) groups is 1. The summed E-state index contributed by atoms with van der Waals surface area (Å²) >= 11 is 5.38.